The van der Waals surface area contributed by atoms with Gasteiger partial charge < -0.3 is 4.52 Å². The van der Waals surface area contributed by atoms with Crippen molar-refractivity contribution in [2.45, 2.75) is 33.4 Å². The lowest BCUT2D eigenvalue weighted by atomic mass is 10.2. The van der Waals surface area contributed by atoms with Gasteiger partial charge in [0.2, 0.25) is 0 Å². The maximum Gasteiger partial charge on any atom is 0.332 e. The third-order valence-electron chi connectivity index (χ3n) is 3.76. The average molecular weight is 299 g/mol. The van der Waals surface area contributed by atoms with Crippen LogP contribution in [0, 0.1) is 13.8 Å². The number of urea groups is 1. The van der Waals surface area contributed by atoms with Crippen LogP contribution in [-0.2, 0) is 11.3 Å². The molecule has 1 saturated heterocycles. The molecule has 1 aliphatic heterocycles. The van der Waals surface area contributed by atoms with Crippen LogP contribution >= 0.6 is 0 Å². The van der Waals surface area contributed by atoms with E-state index in [4.69, 9.17) is 4.52 Å². The quantitative estimate of drug-likeness (QED) is 0.817. The van der Waals surface area contributed by atoms with E-state index in [1.54, 1.807) is 19.9 Å². The summed E-state index contributed by atoms with van der Waals surface area (Å²) in [7, 11) is 0. The summed E-state index contributed by atoms with van der Waals surface area (Å²) in [5.41, 5.74) is 2.39. The summed E-state index contributed by atoms with van der Waals surface area (Å²) in [5, 5.41) is 3.84. The molecule has 3 amide bonds. The second-order valence-corrected chi connectivity index (χ2v) is 5.52. The molecule has 0 radical (unpaired) electrons. The predicted molar refractivity (Wildman–Crippen MR) is 80.3 cm³/mol. The Hall–Kier alpha value is -2.63. The van der Waals surface area contributed by atoms with Gasteiger partial charge in [0.25, 0.3) is 5.91 Å². The van der Waals surface area contributed by atoms with E-state index in [0.29, 0.717) is 11.5 Å². The highest BCUT2D eigenvalue weighted by atomic mass is 16.5. The Morgan fingerprint density at radius 3 is 2.45 bits per heavy atom. The van der Waals surface area contributed by atoms with Gasteiger partial charge in [-0.15, -0.1) is 0 Å². The van der Waals surface area contributed by atoms with Crippen LogP contribution in [0.4, 0.5) is 10.5 Å². The normalized spacial score (nSPS) is 18.4. The molecule has 0 bridgehead atoms. The van der Waals surface area contributed by atoms with Crippen molar-refractivity contribution in [1.82, 2.24) is 10.1 Å². The van der Waals surface area contributed by atoms with E-state index in [2.05, 4.69) is 5.16 Å². The number of aryl methyl sites for hydroxylation is 2. The zero-order chi connectivity index (χ0) is 15.9. The minimum atomic E-state index is -0.525. The molecule has 3 rings (SSSR count). The van der Waals surface area contributed by atoms with Crippen molar-refractivity contribution in [2.75, 3.05) is 4.90 Å². The highest BCUT2D eigenvalue weighted by molar-refractivity contribution is 6.13. The fraction of sp³-hybridized carbons (Fsp3) is 0.312. The van der Waals surface area contributed by atoms with Gasteiger partial charge in [-0.05, 0) is 32.9 Å². The number of rotatable bonds is 3. The summed E-state index contributed by atoms with van der Waals surface area (Å²) < 4.78 is 4.98. The Kier molecular flexibility index (Phi) is 3.44. The van der Waals surface area contributed by atoms with Crippen LogP contribution in [0.15, 0.2) is 34.9 Å². The van der Waals surface area contributed by atoms with Crippen LogP contribution in [0.2, 0.25) is 0 Å². The molecule has 22 heavy (non-hydrogen) atoms. The Labute approximate surface area is 128 Å². The average Bonchev–Trinajstić information content (AvgIpc) is 2.98. The Morgan fingerprint density at radius 2 is 1.86 bits per heavy atom. The second kappa shape index (κ2) is 5.29. The van der Waals surface area contributed by atoms with Gasteiger partial charge in [0.15, 0.2) is 0 Å². The summed E-state index contributed by atoms with van der Waals surface area (Å²) in [4.78, 5) is 27.7. The maximum atomic E-state index is 12.6. The SMILES string of the molecule is Cc1ccc(N2C(=O)N(Cc3cc(C)on3)C(=O)[C@@H]2C)cc1. The molecule has 0 unspecified atom stereocenters. The van der Waals surface area contributed by atoms with E-state index < -0.39 is 6.04 Å². The third-order valence-corrected chi connectivity index (χ3v) is 3.76. The van der Waals surface area contributed by atoms with Crippen molar-refractivity contribution >= 4 is 17.6 Å². The van der Waals surface area contributed by atoms with Gasteiger partial charge in [0.1, 0.15) is 17.5 Å². The fourth-order valence-electron chi connectivity index (χ4n) is 2.57. The summed E-state index contributed by atoms with van der Waals surface area (Å²) in [5.74, 6) is 0.420. The Balaban J connectivity index is 1.87. The number of nitrogens with zero attached hydrogens (tertiary/aromatic N) is 3. The summed E-state index contributed by atoms with van der Waals surface area (Å²) in [6.45, 7) is 5.60. The minimum absolute atomic E-state index is 0.127. The number of carbonyl (C=O) groups excluding carboxylic acids is 2. The first-order chi connectivity index (χ1) is 10.5. The smallest absolute Gasteiger partial charge is 0.332 e. The van der Waals surface area contributed by atoms with Gasteiger partial charge in [-0.3, -0.25) is 14.6 Å². The molecule has 0 N–H and O–H groups in total. The fourth-order valence-corrected chi connectivity index (χ4v) is 2.57. The summed E-state index contributed by atoms with van der Waals surface area (Å²) >= 11 is 0. The van der Waals surface area contributed by atoms with E-state index in [0.717, 1.165) is 11.3 Å². The van der Waals surface area contributed by atoms with Crippen molar-refractivity contribution in [1.29, 1.82) is 0 Å². The van der Waals surface area contributed by atoms with Crippen LogP contribution in [0.1, 0.15) is 23.9 Å². The molecule has 1 aliphatic rings. The molecule has 6 heteroatoms. The van der Waals surface area contributed by atoms with E-state index in [1.807, 2.05) is 31.2 Å². The van der Waals surface area contributed by atoms with E-state index >= 15 is 0 Å². The largest absolute Gasteiger partial charge is 0.361 e. The molecule has 0 aliphatic carbocycles. The number of carbonyl (C=O) groups is 2. The van der Waals surface area contributed by atoms with Crippen LogP contribution in [-0.4, -0.2) is 28.0 Å². The van der Waals surface area contributed by atoms with E-state index in [-0.39, 0.29) is 18.5 Å². The number of anilines is 1. The molecule has 0 spiro atoms. The topological polar surface area (TPSA) is 66.7 Å². The van der Waals surface area contributed by atoms with Crippen molar-refractivity contribution in [3.05, 3.63) is 47.3 Å². The van der Waals surface area contributed by atoms with Gasteiger partial charge in [-0.2, -0.15) is 0 Å². The van der Waals surface area contributed by atoms with E-state index in [1.165, 1.54) is 9.80 Å². The Bertz CT molecular complexity index is 720. The zero-order valence-corrected chi connectivity index (χ0v) is 12.7. The second-order valence-electron chi connectivity index (χ2n) is 5.52. The molecule has 1 aromatic heterocycles. The van der Waals surface area contributed by atoms with Gasteiger partial charge in [0, 0.05) is 11.8 Å². The van der Waals surface area contributed by atoms with Gasteiger partial charge >= 0.3 is 6.03 Å². The van der Waals surface area contributed by atoms with Gasteiger partial charge in [-0.1, -0.05) is 22.9 Å². The molecular formula is C16H17N3O3. The highest BCUT2D eigenvalue weighted by Gasteiger charge is 2.43. The number of aromatic nitrogens is 1. The van der Waals surface area contributed by atoms with Crippen molar-refractivity contribution in [3.8, 4) is 0 Å². The number of imide groups is 1. The molecular weight excluding hydrogens is 282 g/mol. The monoisotopic (exact) mass is 299 g/mol. The number of benzene rings is 1. The molecule has 1 aromatic carbocycles. The lowest BCUT2D eigenvalue weighted by Gasteiger charge is -2.19. The molecule has 0 saturated carbocycles. The van der Waals surface area contributed by atoms with Crippen LogP contribution in [0.25, 0.3) is 0 Å². The van der Waals surface area contributed by atoms with Crippen molar-refractivity contribution < 1.29 is 14.1 Å². The lowest BCUT2D eigenvalue weighted by molar-refractivity contribution is -0.127. The van der Waals surface area contributed by atoms with Gasteiger partial charge in [0.05, 0.1) is 6.54 Å². The van der Waals surface area contributed by atoms with Crippen LogP contribution < -0.4 is 4.90 Å². The highest BCUT2D eigenvalue weighted by Crippen LogP contribution is 2.27. The zero-order valence-electron chi connectivity index (χ0n) is 12.7. The lowest BCUT2D eigenvalue weighted by Crippen LogP contribution is -2.33. The molecule has 114 valence electrons. The molecule has 6 nitrogen and oxygen atoms in total. The standard InChI is InChI=1S/C16H17N3O3/c1-10-4-6-14(7-5-10)19-12(3)15(20)18(16(19)21)9-13-8-11(2)22-17-13/h4-8,12H,9H2,1-3H3/t12-/m0/s1. The number of hydrogen-bond acceptors (Lipinski definition) is 4. The summed E-state index contributed by atoms with van der Waals surface area (Å²) in [6, 6.07) is 8.40. The minimum Gasteiger partial charge on any atom is -0.361 e. The first kappa shape index (κ1) is 14.3. The van der Waals surface area contributed by atoms with Crippen molar-refractivity contribution in [3.63, 3.8) is 0 Å². The number of amides is 3. The molecule has 2 aromatic rings. The molecule has 1 atom stereocenters. The number of hydrogen-bond donors (Lipinski definition) is 0. The predicted octanol–water partition coefficient (Wildman–Crippen LogP) is 2.65. The van der Waals surface area contributed by atoms with Gasteiger partial charge in [-0.25, -0.2) is 4.79 Å². The third kappa shape index (κ3) is 2.36. The first-order valence-corrected chi connectivity index (χ1v) is 7.11. The molecule has 2 heterocycles. The summed E-state index contributed by atoms with van der Waals surface area (Å²) in [6.07, 6.45) is 0. The molecule has 1 fully saturated rings. The first-order valence-electron chi connectivity index (χ1n) is 7.11. The van der Waals surface area contributed by atoms with Crippen LogP contribution in [0.5, 0.6) is 0 Å². The maximum absolute atomic E-state index is 12.6. The Morgan fingerprint density at radius 1 is 1.18 bits per heavy atom. The van der Waals surface area contributed by atoms with Crippen LogP contribution in [0.3, 0.4) is 0 Å². The van der Waals surface area contributed by atoms with E-state index in [9.17, 15) is 9.59 Å². The van der Waals surface area contributed by atoms with Crippen molar-refractivity contribution in [2.24, 2.45) is 0 Å².